The van der Waals surface area contributed by atoms with Crippen LogP contribution < -0.4 is 9.47 Å². The smallest absolute Gasteiger partial charge is 0.248 e. The van der Waals surface area contributed by atoms with Gasteiger partial charge in [-0.05, 0) is 43.2 Å². The number of imidazole rings is 1. The van der Waals surface area contributed by atoms with Crippen molar-refractivity contribution in [1.29, 1.82) is 0 Å². The van der Waals surface area contributed by atoms with Crippen molar-refractivity contribution in [3.05, 3.63) is 42.2 Å². The SMILES string of the molecule is COCC(=O)N1CCC(n2c(-c3ccc4c(c3)OCO4)nc3cc(F)ccc32)CC1. The molecule has 0 radical (unpaired) electrons. The van der Waals surface area contributed by atoms with Crippen LogP contribution in [0.15, 0.2) is 36.4 Å². The molecular formula is C22H22FN3O4. The molecule has 30 heavy (non-hydrogen) atoms. The average Bonchev–Trinajstić information content (AvgIpc) is 3.37. The van der Waals surface area contributed by atoms with Gasteiger partial charge in [0.1, 0.15) is 18.2 Å². The maximum atomic E-state index is 13.9. The molecule has 0 N–H and O–H groups in total. The van der Waals surface area contributed by atoms with Gasteiger partial charge in [-0.15, -0.1) is 0 Å². The Labute approximate surface area is 173 Å². The molecule has 2 aliphatic rings. The molecule has 0 unspecified atom stereocenters. The van der Waals surface area contributed by atoms with Crippen molar-refractivity contribution in [2.24, 2.45) is 0 Å². The molecule has 0 spiro atoms. The van der Waals surface area contributed by atoms with Crippen molar-refractivity contribution in [2.45, 2.75) is 18.9 Å². The van der Waals surface area contributed by atoms with Crippen molar-refractivity contribution < 1.29 is 23.4 Å². The van der Waals surface area contributed by atoms with Crippen LogP contribution in [-0.2, 0) is 9.53 Å². The van der Waals surface area contributed by atoms with Gasteiger partial charge in [-0.25, -0.2) is 9.37 Å². The van der Waals surface area contributed by atoms with Gasteiger partial charge in [0.25, 0.3) is 0 Å². The van der Waals surface area contributed by atoms with Gasteiger partial charge in [-0.2, -0.15) is 0 Å². The summed E-state index contributed by atoms with van der Waals surface area (Å²) in [6.45, 7) is 1.59. The minimum Gasteiger partial charge on any atom is -0.454 e. The van der Waals surface area contributed by atoms with Crippen LogP contribution in [0.25, 0.3) is 22.4 Å². The molecule has 1 fully saturated rings. The molecule has 1 aromatic heterocycles. The first-order valence-electron chi connectivity index (χ1n) is 9.98. The second-order valence-corrected chi connectivity index (χ2v) is 7.55. The molecule has 1 saturated heterocycles. The van der Waals surface area contributed by atoms with Crippen molar-refractivity contribution in [2.75, 3.05) is 33.6 Å². The van der Waals surface area contributed by atoms with Crippen molar-refractivity contribution >= 4 is 16.9 Å². The summed E-state index contributed by atoms with van der Waals surface area (Å²) in [4.78, 5) is 18.7. The third-order valence-electron chi connectivity index (χ3n) is 5.73. The minimum atomic E-state index is -0.315. The van der Waals surface area contributed by atoms with Crippen LogP contribution in [0.2, 0.25) is 0 Å². The molecule has 0 aliphatic carbocycles. The van der Waals surface area contributed by atoms with Gasteiger partial charge in [-0.1, -0.05) is 0 Å². The van der Waals surface area contributed by atoms with E-state index in [9.17, 15) is 9.18 Å². The van der Waals surface area contributed by atoms with Gasteiger partial charge in [0.05, 0.1) is 11.0 Å². The van der Waals surface area contributed by atoms with Crippen LogP contribution in [0.1, 0.15) is 18.9 Å². The molecule has 0 bridgehead atoms. The predicted octanol–water partition coefficient (Wildman–Crippen LogP) is 3.38. The number of halogens is 1. The topological polar surface area (TPSA) is 65.8 Å². The standard InChI is InChI=1S/C22H22FN3O4/c1-28-12-21(27)25-8-6-16(7-9-25)26-18-4-3-15(23)11-17(18)24-22(26)14-2-5-19-20(10-14)30-13-29-19/h2-5,10-11,16H,6-9,12-13H2,1H3. The largest absolute Gasteiger partial charge is 0.454 e. The minimum absolute atomic E-state index is 0.00417. The van der Waals surface area contributed by atoms with E-state index in [2.05, 4.69) is 4.57 Å². The Morgan fingerprint density at radius 1 is 1.17 bits per heavy atom. The van der Waals surface area contributed by atoms with Crippen LogP contribution in [0.5, 0.6) is 11.5 Å². The Hall–Kier alpha value is -3.13. The van der Waals surface area contributed by atoms with Gasteiger partial charge in [0, 0.05) is 37.9 Å². The lowest BCUT2D eigenvalue weighted by atomic mass is 10.0. The molecule has 8 heteroatoms. The van der Waals surface area contributed by atoms with E-state index in [4.69, 9.17) is 19.2 Å². The lowest BCUT2D eigenvalue weighted by Gasteiger charge is -2.33. The Kier molecular flexibility index (Phi) is 4.78. The highest BCUT2D eigenvalue weighted by atomic mass is 19.1. The zero-order valence-corrected chi connectivity index (χ0v) is 16.6. The summed E-state index contributed by atoms with van der Waals surface area (Å²) in [6.07, 6.45) is 1.58. The zero-order chi connectivity index (χ0) is 20.7. The monoisotopic (exact) mass is 411 g/mol. The molecule has 0 saturated carbocycles. The average molecular weight is 411 g/mol. The number of likely N-dealkylation sites (tertiary alicyclic amines) is 1. The van der Waals surface area contributed by atoms with Gasteiger partial charge in [-0.3, -0.25) is 4.79 Å². The molecule has 2 aliphatic heterocycles. The van der Waals surface area contributed by atoms with E-state index in [1.54, 1.807) is 6.07 Å². The number of rotatable bonds is 4. The fourth-order valence-corrected chi connectivity index (χ4v) is 4.27. The normalized spacial score (nSPS) is 16.4. The van der Waals surface area contributed by atoms with E-state index in [0.29, 0.717) is 30.1 Å². The van der Waals surface area contributed by atoms with E-state index in [1.807, 2.05) is 23.1 Å². The fourth-order valence-electron chi connectivity index (χ4n) is 4.27. The second kappa shape index (κ2) is 7.60. The Balaban J connectivity index is 1.53. The quantitative estimate of drug-likeness (QED) is 0.659. The number of benzene rings is 2. The number of methoxy groups -OCH3 is 1. The van der Waals surface area contributed by atoms with Crippen LogP contribution in [0, 0.1) is 5.82 Å². The molecule has 2 aromatic carbocycles. The lowest BCUT2D eigenvalue weighted by Crippen LogP contribution is -2.40. The summed E-state index contributed by atoms with van der Waals surface area (Å²) in [7, 11) is 1.53. The van der Waals surface area contributed by atoms with E-state index < -0.39 is 0 Å². The second-order valence-electron chi connectivity index (χ2n) is 7.55. The summed E-state index contributed by atoms with van der Waals surface area (Å²) in [5.41, 5.74) is 2.38. The summed E-state index contributed by atoms with van der Waals surface area (Å²) >= 11 is 0. The van der Waals surface area contributed by atoms with Crippen molar-refractivity contribution in [1.82, 2.24) is 14.5 Å². The Morgan fingerprint density at radius 2 is 1.97 bits per heavy atom. The van der Waals surface area contributed by atoms with Gasteiger partial charge in [0.2, 0.25) is 12.7 Å². The molecule has 1 amide bonds. The van der Waals surface area contributed by atoms with Crippen LogP contribution in [-0.4, -0.2) is 54.0 Å². The molecule has 156 valence electrons. The number of nitrogens with zero attached hydrogens (tertiary/aromatic N) is 3. The van der Waals surface area contributed by atoms with E-state index >= 15 is 0 Å². The Bertz CT molecular complexity index is 1110. The number of carbonyl (C=O) groups excluding carboxylic acids is 1. The molecule has 0 atom stereocenters. The Morgan fingerprint density at radius 3 is 2.77 bits per heavy atom. The summed E-state index contributed by atoms with van der Waals surface area (Å²) in [6, 6.07) is 10.6. The highest BCUT2D eigenvalue weighted by molar-refractivity contribution is 5.81. The number of ether oxygens (including phenoxy) is 3. The molecular weight excluding hydrogens is 389 g/mol. The highest BCUT2D eigenvalue weighted by Crippen LogP contribution is 2.39. The summed E-state index contributed by atoms with van der Waals surface area (Å²) in [5.74, 6) is 1.83. The number of fused-ring (bicyclic) bond motifs is 2. The number of piperidine rings is 1. The van der Waals surface area contributed by atoms with Crippen LogP contribution >= 0.6 is 0 Å². The zero-order valence-electron chi connectivity index (χ0n) is 16.6. The van der Waals surface area contributed by atoms with Crippen LogP contribution in [0.3, 0.4) is 0 Å². The maximum absolute atomic E-state index is 13.9. The third-order valence-corrected chi connectivity index (χ3v) is 5.73. The van der Waals surface area contributed by atoms with Gasteiger partial charge < -0.3 is 23.7 Å². The first-order valence-corrected chi connectivity index (χ1v) is 9.98. The molecule has 7 nitrogen and oxygen atoms in total. The maximum Gasteiger partial charge on any atom is 0.248 e. The van der Waals surface area contributed by atoms with E-state index in [0.717, 1.165) is 29.7 Å². The molecule has 3 aromatic rings. The van der Waals surface area contributed by atoms with Gasteiger partial charge >= 0.3 is 0 Å². The third kappa shape index (κ3) is 3.27. The predicted molar refractivity (Wildman–Crippen MR) is 108 cm³/mol. The molecule has 5 rings (SSSR count). The summed E-state index contributed by atoms with van der Waals surface area (Å²) in [5, 5.41) is 0. The number of hydrogen-bond acceptors (Lipinski definition) is 5. The van der Waals surface area contributed by atoms with E-state index in [1.165, 1.54) is 19.2 Å². The van der Waals surface area contributed by atoms with Crippen LogP contribution in [0.4, 0.5) is 4.39 Å². The first-order chi connectivity index (χ1) is 14.6. The highest BCUT2D eigenvalue weighted by Gasteiger charge is 2.28. The number of carbonyl (C=O) groups is 1. The fraction of sp³-hybridized carbons (Fsp3) is 0.364. The number of amides is 1. The first kappa shape index (κ1) is 18.9. The van der Waals surface area contributed by atoms with Crippen molar-refractivity contribution in [3.8, 4) is 22.9 Å². The lowest BCUT2D eigenvalue weighted by molar-refractivity contribution is -0.136. The van der Waals surface area contributed by atoms with Crippen molar-refractivity contribution in [3.63, 3.8) is 0 Å². The molecule has 3 heterocycles. The van der Waals surface area contributed by atoms with E-state index in [-0.39, 0.29) is 31.2 Å². The summed E-state index contributed by atoms with van der Waals surface area (Å²) < 4.78 is 32.0. The number of hydrogen-bond donors (Lipinski definition) is 0. The van der Waals surface area contributed by atoms with Gasteiger partial charge in [0.15, 0.2) is 11.5 Å². The number of aromatic nitrogens is 2.